The Morgan fingerprint density at radius 3 is 2.50 bits per heavy atom. The summed E-state index contributed by atoms with van der Waals surface area (Å²) >= 11 is 0. The minimum atomic E-state index is -0.233. The van der Waals surface area contributed by atoms with Crippen LogP contribution in [0.1, 0.15) is 57.4 Å². The summed E-state index contributed by atoms with van der Waals surface area (Å²) in [5.74, 6) is -0.223. The lowest BCUT2D eigenvalue weighted by molar-refractivity contribution is 0.0708. The van der Waals surface area contributed by atoms with Gasteiger partial charge in [-0.05, 0) is 36.2 Å². The number of carbonyl (C=O) groups is 1. The molecular formula is C18H29N3O3. The number of amides is 1. The Morgan fingerprint density at radius 1 is 1.29 bits per heavy atom. The lowest BCUT2D eigenvalue weighted by Crippen LogP contribution is -2.46. The lowest BCUT2D eigenvalue weighted by atomic mass is 9.63. The number of rotatable bonds is 5. The number of nitrogens with one attached hydrogen (secondary N) is 1. The smallest absolute Gasteiger partial charge is 0.271 e. The number of aromatic nitrogens is 2. The van der Waals surface area contributed by atoms with Crippen molar-refractivity contribution in [2.45, 2.75) is 59.5 Å². The summed E-state index contributed by atoms with van der Waals surface area (Å²) in [7, 11) is 1.56. The molecule has 1 aromatic rings. The van der Waals surface area contributed by atoms with Gasteiger partial charge in [-0.2, -0.15) is 5.10 Å². The molecule has 0 spiro atoms. The first-order valence-electron chi connectivity index (χ1n) is 8.50. The summed E-state index contributed by atoms with van der Waals surface area (Å²) in [6, 6.07) is 2.99. The summed E-state index contributed by atoms with van der Waals surface area (Å²) in [6.45, 7) is 9.70. The van der Waals surface area contributed by atoms with Gasteiger partial charge in [-0.1, -0.05) is 27.7 Å². The second kappa shape index (κ2) is 7.05. The molecule has 0 unspecified atom stereocenters. The highest BCUT2D eigenvalue weighted by molar-refractivity contribution is 5.92. The Bertz CT molecular complexity index is 633. The molecule has 1 aliphatic rings. The van der Waals surface area contributed by atoms with Gasteiger partial charge in [0.2, 0.25) is 0 Å². The largest absolute Gasteiger partial charge is 0.383 e. The van der Waals surface area contributed by atoms with Crippen molar-refractivity contribution in [1.29, 1.82) is 0 Å². The summed E-state index contributed by atoms with van der Waals surface area (Å²) < 4.78 is 6.24. The molecule has 1 aliphatic carbocycles. The van der Waals surface area contributed by atoms with Crippen LogP contribution in [0.15, 0.2) is 16.9 Å². The first kappa shape index (κ1) is 18.6. The second-order valence-corrected chi connectivity index (χ2v) is 8.36. The Kier molecular flexibility index (Phi) is 5.48. The molecule has 1 heterocycles. The third-order valence-electron chi connectivity index (χ3n) is 4.50. The number of methoxy groups -OCH3 is 1. The first-order chi connectivity index (χ1) is 11.1. The predicted octanol–water partition coefficient (Wildman–Crippen LogP) is 2.22. The fraction of sp³-hybridized carbons (Fsp3) is 0.722. The maximum absolute atomic E-state index is 12.6. The molecule has 1 saturated carbocycles. The fourth-order valence-corrected chi connectivity index (χ4v) is 4.12. The quantitative estimate of drug-likeness (QED) is 0.895. The summed E-state index contributed by atoms with van der Waals surface area (Å²) in [5.41, 5.74) is 0.435. The van der Waals surface area contributed by atoms with Crippen molar-refractivity contribution in [3.8, 4) is 0 Å². The molecule has 0 aliphatic heterocycles. The number of hydrogen-bond acceptors (Lipinski definition) is 4. The van der Waals surface area contributed by atoms with E-state index >= 15 is 0 Å². The molecule has 1 N–H and O–H groups in total. The van der Waals surface area contributed by atoms with E-state index in [2.05, 4.69) is 38.1 Å². The zero-order valence-corrected chi connectivity index (χ0v) is 15.4. The van der Waals surface area contributed by atoms with Crippen LogP contribution >= 0.6 is 0 Å². The highest BCUT2D eigenvalue weighted by Crippen LogP contribution is 2.45. The van der Waals surface area contributed by atoms with E-state index in [1.807, 2.05) is 0 Å². The van der Waals surface area contributed by atoms with Gasteiger partial charge in [0.05, 0.1) is 13.2 Å². The van der Waals surface area contributed by atoms with Crippen molar-refractivity contribution in [2.75, 3.05) is 13.7 Å². The number of nitrogens with zero attached hydrogens (tertiary/aromatic N) is 2. The molecule has 0 aromatic carbocycles. The van der Waals surface area contributed by atoms with Gasteiger partial charge >= 0.3 is 0 Å². The average Bonchev–Trinajstić information content (AvgIpc) is 2.42. The Hall–Kier alpha value is -1.69. The molecule has 0 bridgehead atoms. The van der Waals surface area contributed by atoms with Crippen LogP contribution in [0, 0.1) is 10.8 Å². The van der Waals surface area contributed by atoms with E-state index in [-0.39, 0.29) is 34.0 Å². The van der Waals surface area contributed by atoms with Gasteiger partial charge < -0.3 is 10.1 Å². The van der Waals surface area contributed by atoms with E-state index in [0.717, 1.165) is 19.3 Å². The van der Waals surface area contributed by atoms with Crippen LogP contribution in [0.3, 0.4) is 0 Å². The number of carbonyl (C=O) groups excluding carboxylic acids is 1. The normalized spacial score (nSPS) is 19.9. The Balaban J connectivity index is 2.10. The highest BCUT2D eigenvalue weighted by Gasteiger charge is 2.39. The van der Waals surface area contributed by atoms with Crippen molar-refractivity contribution in [3.63, 3.8) is 0 Å². The van der Waals surface area contributed by atoms with Crippen molar-refractivity contribution < 1.29 is 9.53 Å². The van der Waals surface area contributed by atoms with Crippen molar-refractivity contribution in [1.82, 2.24) is 15.1 Å². The second-order valence-electron chi connectivity index (χ2n) is 8.36. The number of ether oxygens (including phenoxy) is 1. The third-order valence-corrected chi connectivity index (χ3v) is 4.50. The van der Waals surface area contributed by atoms with Crippen LogP contribution in [-0.4, -0.2) is 35.4 Å². The minimum absolute atomic E-state index is 0.123. The highest BCUT2D eigenvalue weighted by atomic mass is 16.5. The van der Waals surface area contributed by atoms with Gasteiger partial charge in [0.25, 0.3) is 11.5 Å². The van der Waals surface area contributed by atoms with Gasteiger partial charge in [-0.3, -0.25) is 9.59 Å². The van der Waals surface area contributed by atoms with Crippen LogP contribution < -0.4 is 10.9 Å². The standard InChI is InChI=1S/C18H29N3O3/c1-17(2)10-13(11-18(3,4)12-17)19-16(23)14-6-7-15(22)21(20-14)8-9-24-5/h6-7,13H,8-12H2,1-5H3,(H,19,23). The van der Waals surface area contributed by atoms with Crippen LogP contribution in [0.4, 0.5) is 0 Å². The van der Waals surface area contributed by atoms with Gasteiger partial charge in [-0.15, -0.1) is 0 Å². The molecule has 134 valence electrons. The molecule has 1 aromatic heterocycles. The molecule has 2 rings (SSSR count). The molecule has 0 atom stereocenters. The van der Waals surface area contributed by atoms with Gasteiger partial charge in [-0.25, -0.2) is 4.68 Å². The molecule has 1 fully saturated rings. The Morgan fingerprint density at radius 2 is 1.92 bits per heavy atom. The first-order valence-corrected chi connectivity index (χ1v) is 8.50. The maximum atomic E-state index is 12.6. The van der Waals surface area contributed by atoms with Gasteiger partial charge in [0.1, 0.15) is 5.69 Å². The van der Waals surface area contributed by atoms with Crippen LogP contribution in [0.2, 0.25) is 0 Å². The molecule has 6 heteroatoms. The molecule has 24 heavy (non-hydrogen) atoms. The van der Waals surface area contributed by atoms with E-state index in [1.165, 1.54) is 16.8 Å². The fourth-order valence-electron chi connectivity index (χ4n) is 4.12. The maximum Gasteiger partial charge on any atom is 0.271 e. The topological polar surface area (TPSA) is 73.2 Å². The van der Waals surface area contributed by atoms with E-state index in [1.54, 1.807) is 7.11 Å². The molecule has 1 amide bonds. The molecule has 6 nitrogen and oxygen atoms in total. The number of hydrogen-bond donors (Lipinski definition) is 1. The van der Waals surface area contributed by atoms with E-state index in [9.17, 15) is 9.59 Å². The van der Waals surface area contributed by atoms with Crippen molar-refractivity contribution in [3.05, 3.63) is 28.2 Å². The summed E-state index contributed by atoms with van der Waals surface area (Å²) in [5, 5.41) is 7.26. The van der Waals surface area contributed by atoms with E-state index < -0.39 is 0 Å². The van der Waals surface area contributed by atoms with E-state index in [4.69, 9.17) is 4.74 Å². The minimum Gasteiger partial charge on any atom is -0.383 e. The molecule has 0 saturated heterocycles. The van der Waals surface area contributed by atoms with Crippen LogP contribution in [0.5, 0.6) is 0 Å². The zero-order chi connectivity index (χ0) is 18.0. The van der Waals surface area contributed by atoms with Crippen molar-refractivity contribution >= 4 is 5.91 Å². The third kappa shape index (κ3) is 4.90. The zero-order valence-electron chi connectivity index (χ0n) is 15.4. The lowest BCUT2D eigenvalue weighted by Gasteiger charge is -2.45. The summed E-state index contributed by atoms with van der Waals surface area (Å²) in [6.07, 6.45) is 3.05. The van der Waals surface area contributed by atoms with Gasteiger partial charge in [0, 0.05) is 19.2 Å². The molecular weight excluding hydrogens is 306 g/mol. The van der Waals surface area contributed by atoms with Crippen molar-refractivity contribution in [2.24, 2.45) is 10.8 Å². The van der Waals surface area contributed by atoms with E-state index in [0.29, 0.717) is 13.2 Å². The average molecular weight is 335 g/mol. The monoisotopic (exact) mass is 335 g/mol. The SMILES string of the molecule is COCCn1nc(C(=O)NC2CC(C)(C)CC(C)(C)C2)ccc1=O. The van der Waals surface area contributed by atoms with Crippen LogP contribution in [0.25, 0.3) is 0 Å². The van der Waals surface area contributed by atoms with Gasteiger partial charge in [0.15, 0.2) is 0 Å². The molecule has 0 radical (unpaired) electrons. The Labute approximate surface area is 143 Å². The summed E-state index contributed by atoms with van der Waals surface area (Å²) in [4.78, 5) is 24.3. The van der Waals surface area contributed by atoms with Crippen LogP contribution in [-0.2, 0) is 11.3 Å². The predicted molar refractivity (Wildman–Crippen MR) is 93.0 cm³/mol.